The summed E-state index contributed by atoms with van der Waals surface area (Å²) in [6.45, 7) is 0. The van der Waals surface area contributed by atoms with Gasteiger partial charge in [-0.1, -0.05) is 23.2 Å². The van der Waals surface area contributed by atoms with Crippen LogP contribution >= 0.6 is 23.2 Å². The molecule has 0 aliphatic rings. The molecule has 0 amide bonds. The van der Waals surface area contributed by atoms with E-state index in [4.69, 9.17) is 37.5 Å². The Labute approximate surface area is 146 Å². The van der Waals surface area contributed by atoms with E-state index < -0.39 is 5.97 Å². The zero-order valence-corrected chi connectivity index (χ0v) is 13.8. The van der Waals surface area contributed by atoms with Crippen LogP contribution in [0.25, 0.3) is 11.0 Å². The maximum absolute atomic E-state index is 12.7. The number of hydrogen-bond donors (Lipinski definition) is 1. The van der Waals surface area contributed by atoms with Crippen LogP contribution in [0.5, 0.6) is 5.75 Å². The molecular weight excluding hydrogens is 355 g/mol. The fourth-order valence-electron chi connectivity index (χ4n) is 2.29. The van der Waals surface area contributed by atoms with Gasteiger partial charge in [0, 0.05) is 16.5 Å². The lowest BCUT2D eigenvalue weighted by Crippen LogP contribution is -2.02. The van der Waals surface area contributed by atoms with E-state index >= 15 is 0 Å². The molecule has 0 saturated carbocycles. The smallest absolute Gasteiger partial charge is 0.371 e. The van der Waals surface area contributed by atoms with Crippen molar-refractivity contribution in [1.29, 1.82) is 0 Å². The van der Waals surface area contributed by atoms with E-state index in [9.17, 15) is 9.59 Å². The topological polar surface area (TPSA) is 76.7 Å². The zero-order valence-electron chi connectivity index (χ0n) is 12.3. The fourth-order valence-corrected chi connectivity index (χ4v) is 2.76. The Hall–Kier alpha value is -2.50. The minimum Gasteiger partial charge on any atom is -0.497 e. The molecule has 0 atom stereocenters. The van der Waals surface area contributed by atoms with Crippen molar-refractivity contribution in [2.24, 2.45) is 0 Å². The molecule has 0 bridgehead atoms. The average molecular weight is 365 g/mol. The maximum atomic E-state index is 12.7. The summed E-state index contributed by atoms with van der Waals surface area (Å²) >= 11 is 12.3. The molecule has 7 heteroatoms. The van der Waals surface area contributed by atoms with Gasteiger partial charge in [0.25, 0.3) is 0 Å². The van der Waals surface area contributed by atoms with Gasteiger partial charge >= 0.3 is 5.97 Å². The number of ether oxygens (including phenoxy) is 1. The number of fused-ring (bicyclic) bond motifs is 1. The van der Waals surface area contributed by atoms with Gasteiger partial charge < -0.3 is 14.3 Å². The van der Waals surface area contributed by atoms with Gasteiger partial charge in [-0.2, -0.15) is 0 Å². The lowest BCUT2D eigenvalue weighted by molar-refractivity contribution is 0.0665. The van der Waals surface area contributed by atoms with Crippen molar-refractivity contribution in [2.45, 2.75) is 0 Å². The van der Waals surface area contributed by atoms with E-state index in [2.05, 4.69) is 0 Å². The number of methoxy groups -OCH3 is 1. The maximum Gasteiger partial charge on any atom is 0.371 e. The van der Waals surface area contributed by atoms with Crippen molar-refractivity contribution in [3.05, 3.63) is 63.3 Å². The number of furan rings is 1. The molecule has 5 nitrogen and oxygen atoms in total. The monoisotopic (exact) mass is 364 g/mol. The lowest BCUT2D eigenvalue weighted by atomic mass is 10.0. The summed E-state index contributed by atoms with van der Waals surface area (Å²) in [4.78, 5) is 23.7. The van der Waals surface area contributed by atoms with Crippen LogP contribution in [0.15, 0.2) is 40.8 Å². The number of halogens is 2. The third-order valence-corrected chi connectivity index (χ3v) is 4.35. The molecule has 2 aromatic carbocycles. The lowest BCUT2D eigenvalue weighted by Gasteiger charge is -2.07. The van der Waals surface area contributed by atoms with Gasteiger partial charge in [-0.25, -0.2) is 4.79 Å². The number of aromatic carboxylic acids is 1. The molecule has 1 N–H and O–H groups in total. The Morgan fingerprint density at radius 1 is 1.08 bits per heavy atom. The number of hydrogen-bond acceptors (Lipinski definition) is 4. The Morgan fingerprint density at radius 3 is 2.33 bits per heavy atom. The van der Waals surface area contributed by atoms with Crippen molar-refractivity contribution in [3.63, 3.8) is 0 Å². The van der Waals surface area contributed by atoms with Crippen molar-refractivity contribution in [1.82, 2.24) is 0 Å². The Bertz CT molecular complexity index is 957. The van der Waals surface area contributed by atoms with Gasteiger partial charge in [0.15, 0.2) is 11.4 Å². The first-order valence-electron chi connectivity index (χ1n) is 6.76. The predicted molar refractivity (Wildman–Crippen MR) is 89.6 cm³/mol. The number of rotatable bonds is 4. The molecule has 3 rings (SSSR count). The summed E-state index contributed by atoms with van der Waals surface area (Å²) in [5.74, 6) is -1.24. The molecule has 1 aromatic heterocycles. The minimum absolute atomic E-state index is 0.00136. The Morgan fingerprint density at radius 2 is 1.75 bits per heavy atom. The molecule has 0 aliphatic carbocycles. The Balaban J connectivity index is 2.12. The first-order valence-corrected chi connectivity index (χ1v) is 7.51. The van der Waals surface area contributed by atoms with Crippen LogP contribution in [0.4, 0.5) is 0 Å². The molecule has 1 heterocycles. The second-order valence-electron chi connectivity index (χ2n) is 4.94. The van der Waals surface area contributed by atoms with Gasteiger partial charge in [0.2, 0.25) is 5.76 Å². The van der Waals surface area contributed by atoms with Crippen LogP contribution in [0.3, 0.4) is 0 Å². The van der Waals surface area contributed by atoms with Crippen LogP contribution in [-0.2, 0) is 0 Å². The summed E-state index contributed by atoms with van der Waals surface area (Å²) in [7, 11) is 1.53. The minimum atomic E-state index is -1.23. The normalized spacial score (nSPS) is 10.8. The summed E-state index contributed by atoms with van der Waals surface area (Å²) in [5.41, 5.74) is 0.692. The molecule has 122 valence electrons. The summed E-state index contributed by atoms with van der Waals surface area (Å²) in [5, 5.41) is 9.40. The molecule has 0 saturated heterocycles. The van der Waals surface area contributed by atoms with E-state index in [1.807, 2.05) is 0 Å². The van der Waals surface area contributed by atoms with E-state index in [-0.39, 0.29) is 32.7 Å². The van der Waals surface area contributed by atoms with Gasteiger partial charge in [-0.15, -0.1) is 0 Å². The summed E-state index contributed by atoms with van der Waals surface area (Å²) in [6.07, 6.45) is 0. The van der Waals surface area contributed by atoms with Crippen LogP contribution in [-0.4, -0.2) is 24.0 Å². The highest BCUT2D eigenvalue weighted by Crippen LogP contribution is 2.37. The van der Waals surface area contributed by atoms with Crippen LogP contribution in [0.2, 0.25) is 10.0 Å². The molecule has 3 aromatic rings. The van der Waals surface area contributed by atoms with Gasteiger partial charge in [-0.3, -0.25) is 4.79 Å². The molecule has 24 heavy (non-hydrogen) atoms. The highest BCUT2D eigenvalue weighted by molar-refractivity contribution is 6.47. The molecule has 0 aliphatic heterocycles. The van der Waals surface area contributed by atoms with Crippen molar-refractivity contribution in [3.8, 4) is 5.75 Å². The van der Waals surface area contributed by atoms with Crippen LogP contribution in [0, 0.1) is 0 Å². The second-order valence-corrected chi connectivity index (χ2v) is 5.70. The van der Waals surface area contributed by atoms with Crippen LogP contribution in [0.1, 0.15) is 26.5 Å². The standard InChI is InChI=1S/C17H10Cl2O5/c1-23-10-4-2-8(3-5-10)15(20)11-6-9-7-12(17(21)22)24-16(9)14(19)13(11)18/h2-7H,1H3,(H,21,22). The SMILES string of the molecule is COc1ccc(C(=O)c2cc3cc(C(=O)O)oc3c(Cl)c2Cl)cc1. The predicted octanol–water partition coefficient (Wildman–Crippen LogP) is 4.68. The summed E-state index contributed by atoms with van der Waals surface area (Å²) in [6, 6.07) is 9.28. The average Bonchev–Trinajstić information content (AvgIpc) is 3.02. The number of carbonyl (C=O) groups excluding carboxylic acids is 1. The fraction of sp³-hybridized carbons (Fsp3) is 0.0588. The molecular formula is C17H10Cl2O5. The number of carbonyl (C=O) groups is 2. The first-order chi connectivity index (χ1) is 11.4. The highest BCUT2D eigenvalue weighted by Gasteiger charge is 2.21. The molecule has 0 spiro atoms. The number of benzene rings is 2. The van der Waals surface area contributed by atoms with Gasteiger partial charge in [-0.05, 0) is 36.4 Å². The molecule has 0 fully saturated rings. The number of carboxylic acid groups (broad SMARTS) is 1. The van der Waals surface area contributed by atoms with E-state index in [1.165, 1.54) is 19.2 Å². The highest BCUT2D eigenvalue weighted by atomic mass is 35.5. The number of ketones is 1. The van der Waals surface area contributed by atoms with Crippen molar-refractivity contribution < 1.29 is 23.8 Å². The zero-order chi connectivity index (χ0) is 17.4. The largest absolute Gasteiger partial charge is 0.497 e. The molecule has 0 radical (unpaired) electrons. The third-order valence-electron chi connectivity index (χ3n) is 3.50. The second kappa shape index (κ2) is 6.19. The van der Waals surface area contributed by atoms with Crippen molar-refractivity contribution in [2.75, 3.05) is 7.11 Å². The third kappa shape index (κ3) is 2.72. The van der Waals surface area contributed by atoms with Crippen molar-refractivity contribution >= 4 is 45.9 Å². The van der Waals surface area contributed by atoms with Crippen LogP contribution < -0.4 is 4.74 Å². The van der Waals surface area contributed by atoms with E-state index in [0.29, 0.717) is 16.7 Å². The summed E-state index contributed by atoms with van der Waals surface area (Å²) < 4.78 is 10.2. The first kappa shape index (κ1) is 16.4. The number of carboxylic acids is 1. The molecule has 0 unspecified atom stereocenters. The Kier molecular flexibility index (Phi) is 4.22. The quantitative estimate of drug-likeness (QED) is 0.680. The van der Waals surface area contributed by atoms with Gasteiger partial charge in [0.05, 0.1) is 12.1 Å². The van der Waals surface area contributed by atoms with E-state index in [0.717, 1.165) is 0 Å². The van der Waals surface area contributed by atoms with Gasteiger partial charge in [0.1, 0.15) is 10.8 Å². The van der Waals surface area contributed by atoms with E-state index in [1.54, 1.807) is 24.3 Å².